The zero-order valence-electron chi connectivity index (χ0n) is 16.9. The Hall–Kier alpha value is -3.22. The van der Waals surface area contributed by atoms with E-state index < -0.39 is 0 Å². The Balaban J connectivity index is 1.48. The minimum atomic E-state index is -0.352. The van der Waals surface area contributed by atoms with Crippen LogP contribution in [0.15, 0.2) is 53.1 Å². The summed E-state index contributed by atoms with van der Waals surface area (Å²) in [6.45, 7) is 2.99. The van der Waals surface area contributed by atoms with Crippen molar-refractivity contribution in [2.45, 2.75) is 45.2 Å². The highest BCUT2D eigenvalue weighted by atomic mass is 19.1. The van der Waals surface area contributed by atoms with Crippen molar-refractivity contribution in [3.05, 3.63) is 65.8 Å². The Morgan fingerprint density at radius 2 is 2.00 bits per heavy atom. The van der Waals surface area contributed by atoms with E-state index in [-0.39, 0.29) is 24.3 Å². The van der Waals surface area contributed by atoms with Crippen molar-refractivity contribution in [1.82, 2.24) is 15.0 Å². The zero-order valence-corrected chi connectivity index (χ0v) is 16.9. The molecule has 0 radical (unpaired) electrons. The molecule has 0 N–H and O–H groups in total. The predicted molar refractivity (Wildman–Crippen MR) is 109 cm³/mol. The third-order valence-corrected chi connectivity index (χ3v) is 5.23. The molecule has 1 aromatic heterocycles. The van der Waals surface area contributed by atoms with Crippen LogP contribution in [0.2, 0.25) is 0 Å². The quantitative estimate of drug-likeness (QED) is 0.494. The van der Waals surface area contributed by atoms with Crippen LogP contribution in [-0.4, -0.2) is 27.6 Å². The van der Waals surface area contributed by atoms with Gasteiger partial charge in [0.15, 0.2) is 0 Å². The Morgan fingerprint density at radius 1 is 1.20 bits per heavy atom. The summed E-state index contributed by atoms with van der Waals surface area (Å²) in [7, 11) is 0. The largest absolute Gasteiger partial charge is 0.494 e. The molecular weight excluding hydrogens is 385 g/mol. The van der Waals surface area contributed by atoms with Crippen LogP contribution >= 0.6 is 0 Å². The molecule has 1 atom stereocenters. The third kappa shape index (κ3) is 4.35. The van der Waals surface area contributed by atoms with Crippen LogP contribution in [0.5, 0.6) is 5.75 Å². The van der Waals surface area contributed by atoms with E-state index in [4.69, 9.17) is 9.26 Å². The maximum absolute atomic E-state index is 14.1. The highest BCUT2D eigenvalue weighted by molar-refractivity contribution is 5.78. The summed E-state index contributed by atoms with van der Waals surface area (Å²) < 4.78 is 25.2. The summed E-state index contributed by atoms with van der Waals surface area (Å²) in [5.41, 5.74) is 1.27. The SMILES string of the molecule is CCCCOc1ccc(-c2noc(C3CCC(=O)N3Cc3ccccc3F)n2)cc1. The van der Waals surface area contributed by atoms with Crippen LogP contribution in [0.25, 0.3) is 11.4 Å². The number of rotatable bonds is 8. The molecule has 0 saturated carbocycles. The number of aromatic nitrogens is 2. The normalized spacial score (nSPS) is 16.3. The molecule has 7 heteroatoms. The van der Waals surface area contributed by atoms with Gasteiger partial charge in [-0.3, -0.25) is 4.79 Å². The van der Waals surface area contributed by atoms with Crippen LogP contribution < -0.4 is 4.74 Å². The molecule has 2 aromatic carbocycles. The summed E-state index contributed by atoms with van der Waals surface area (Å²) in [5, 5.41) is 4.08. The highest BCUT2D eigenvalue weighted by Gasteiger charge is 2.36. The molecule has 1 aliphatic heterocycles. The second kappa shape index (κ2) is 9.07. The zero-order chi connectivity index (χ0) is 20.9. The van der Waals surface area contributed by atoms with Gasteiger partial charge in [0, 0.05) is 24.1 Å². The van der Waals surface area contributed by atoms with E-state index in [1.54, 1.807) is 23.1 Å². The van der Waals surface area contributed by atoms with Gasteiger partial charge in [-0.15, -0.1) is 0 Å². The first-order chi connectivity index (χ1) is 14.7. The first-order valence-electron chi connectivity index (χ1n) is 10.3. The minimum Gasteiger partial charge on any atom is -0.494 e. The Kier molecular flexibility index (Phi) is 6.07. The molecule has 30 heavy (non-hydrogen) atoms. The van der Waals surface area contributed by atoms with Gasteiger partial charge in [0.05, 0.1) is 6.61 Å². The lowest BCUT2D eigenvalue weighted by atomic mass is 10.1. The van der Waals surface area contributed by atoms with Gasteiger partial charge in [0.1, 0.15) is 17.6 Å². The maximum Gasteiger partial charge on any atom is 0.249 e. The van der Waals surface area contributed by atoms with Crippen molar-refractivity contribution in [2.75, 3.05) is 6.61 Å². The molecule has 6 nitrogen and oxygen atoms in total. The molecule has 3 aromatic rings. The molecule has 1 fully saturated rings. The molecule has 0 aliphatic carbocycles. The van der Waals surface area contributed by atoms with E-state index >= 15 is 0 Å². The van der Waals surface area contributed by atoms with Crippen LogP contribution in [0.1, 0.15) is 50.1 Å². The van der Waals surface area contributed by atoms with Gasteiger partial charge in [-0.2, -0.15) is 4.98 Å². The number of ether oxygens (including phenoxy) is 1. The average Bonchev–Trinajstić information content (AvgIpc) is 3.38. The number of likely N-dealkylation sites (tertiary alicyclic amines) is 1. The van der Waals surface area contributed by atoms with Crippen LogP contribution in [0.4, 0.5) is 4.39 Å². The van der Waals surface area contributed by atoms with E-state index in [1.807, 2.05) is 24.3 Å². The van der Waals surface area contributed by atoms with E-state index in [0.717, 1.165) is 24.2 Å². The fourth-order valence-corrected chi connectivity index (χ4v) is 3.52. The van der Waals surface area contributed by atoms with E-state index in [1.165, 1.54) is 6.07 Å². The molecule has 1 aliphatic rings. The molecule has 0 spiro atoms. The van der Waals surface area contributed by atoms with Gasteiger partial charge >= 0.3 is 0 Å². The van der Waals surface area contributed by atoms with Crippen molar-refractivity contribution in [2.24, 2.45) is 0 Å². The van der Waals surface area contributed by atoms with Crippen molar-refractivity contribution in [1.29, 1.82) is 0 Å². The standard InChI is InChI=1S/C23H24FN3O3/c1-2-3-14-29-18-10-8-16(9-11-18)22-25-23(30-26-22)20-12-13-21(28)27(20)15-17-6-4-5-7-19(17)24/h4-11,20H,2-3,12-15H2,1H3. The Labute approximate surface area is 174 Å². The number of halogens is 1. The summed E-state index contributed by atoms with van der Waals surface area (Å²) in [5.74, 6) is 1.25. The molecule has 0 bridgehead atoms. The van der Waals surface area contributed by atoms with Gasteiger partial charge in [-0.05, 0) is 43.2 Å². The van der Waals surface area contributed by atoms with Gasteiger partial charge in [0.2, 0.25) is 17.6 Å². The summed E-state index contributed by atoms with van der Waals surface area (Å²) in [6.07, 6.45) is 3.04. The lowest BCUT2D eigenvalue weighted by Gasteiger charge is -2.22. The first-order valence-corrected chi connectivity index (χ1v) is 10.3. The van der Waals surface area contributed by atoms with E-state index in [0.29, 0.717) is 36.7 Å². The van der Waals surface area contributed by atoms with E-state index in [9.17, 15) is 9.18 Å². The van der Waals surface area contributed by atoms with Crippen molar-refractivity contribution < 1.29 is 18.4 Å². The number of amides is 1. The molecule has 2 heterocycles. The van der Waals surface area contributed by atoms with E-state index in [2.05, 4.69) is 17.1 Å². The van der Waals surface area contributed by atoms with Crippen molar-refractivity contribution in [3.8, 4) is 17.1 Å². The molecule has 4 rings (SSSR count). The number of hydrogen-bond donors (Lipinski definition) is 0. The number of carbonyl (C=O) groups excluding carboxylic acids is 1. The Bertz CT molecular complexity index is 1000. The van der Waals surface area contributed by atoms with Gasteiger partial charge < -0.3 is 14.2 Å². The van der Waals surface area contributed by atoms with Gasteiger partial charge in [-0.1, -0.05) is 36.7 Å². The number of carbonyl (C=O) groups is 1. The van der Waals surface area contributed by atoms with Crippen molar-refractivity contribution >= 4 is 5.91 Å². The number of benzene rings is 2. The number of hydrogen-bond acceptors (Lipinski definition) is 5. The fourth-order valence-electron chi connectivity index (χ4n) is 3.52. The molecule has 1 saturated heterocycles. The summed E-state index contributed by atoms with van der Waals surface area (Å²) in [4.78, 5) is 18.5. The summed E-state index contributed by atoms with van der Waals surface area (Å²) in [6, 6.07) is 13.6. The second-order valence-corrected chi connectivity index (χ2v) is 7.35. The molecular formula is C23H24FN3O3. The van der Waals surface area contributed by atoms with Crippen LogP contribution in [-0.2, 0) is 11.3 Å². The Morgan fingerprint density at radius 3 is 2.77 bits per heavy atom. The third-order valence-electron chi connectivity index (χ3n) is 5.23. The second-order valence-electron chi connectivity index (χ2n) is 7.35. The topological polar surface area (TPSA) is 68.5 Å². The van der Waals surface area contributed by atoms with Gasteiger partial charge in [0.25, 0.3) is 0 Å². The fraction of sp³-hybridized carbons (Fsp3) is 0.348. The van der Waals surface area contributed by atoms with Crippen molar-refractivity contribution in [3.63, 3.8) is 0 Å². The molecule has 1 unspecified atom stereocenters. The predicted octanol–water partition coefficient (Wildman–Crippen LogP) is 4.92. The number of nitrogens with zero attached hydrogens (tertiary/aromatic N) is 3. The highest BCUT2D eigenvalue weighted by Crippen LogP contribution is 2.34. The molecule has 156 valence electrons. The average molecular weight is 409 g/mol. The minimum absolute atomic E-state index is 0.0448. The lowest BCUT2D eigenvalue weighted by Crippen LogP contribution is -2.27. The van der Waals surface area contributed by atoms with Gasteiger partial charge in [-0.25, -0.2) is 4.39 Å². The molecule has 1 amide bonds. The monoisotopic (exact) mass is 409 g/mol. The smallest absolute Gasteiger partial charge is 0.249 e. The lowest BCUT2D eigenvalue weighted by molar-refractivity contribution is -0.130. The first kappa shape index (κ1) is 20.1. The maximum atomic E-state index is 14.1. The number of unbranched alkanes of at least 4 members (excludes halogenated alkanes) is 1. The van der Waals surface area contributed by atoms with Crippen LogP contribution in [0, 0.1) is 5.82 Å². The van der Waals surface area contributed by atoms with Crippen LogP contribution in [0.3, 0.4) is 0 Å². The summed E-state index contributed by atoms with van der Waals surface area (Å²) >= 11 is 0.